The van der Waals surface area contributed by atoms with Gasteiger partial charge in [-0.15, -0.1) is 11.3 Å². The van der Waals surface area contributed by atoms with Gasteiger partial charge in [-0.1, -0.05) is 24.3 Å². The SMILES string of the molecule is O=CN1CCCC1C(=O)NCc1ccc(-c2scnc2I)cc1. The Morgan fingerprint density at radius 1 is 1.43 bits per heavy atom. The Hall–Kier alpha value is -1.48. The number of halogens is 1. The van der Waals surface area contributed by atoms with Crippen molar-refractivity contribution >= 4 is 46.2 Å². The van der Waals surface area contributed by atoms with Crippen LogP contribution in [-0.2, 0) is 16.1 Å². The lowest BCUT2D eigenvalue weighted by Gasteiger charge is -2.19. The molecule has 120 valence electrons. The van der Waals surface area contributed by atoms with E-state index in [0.717, 1.165) is 39.0 Å². The number of carbonyl (C=O) groups is 2. The van der Waals surface area contributed by atoms with E-state index < -0.39 is 0 Å². The molecule has 1 atom stereocenters. The first-order valence-electron chi connectivity index (χ1n) is 7.36. The van der Waals surface area contributed by atoms with E-state index >= 15 is 0 Å². The van der Waals surface area contributed by atoms with Crippen molar-refractivity contribution in [3.63, 3.8) is 0 Å². The summed E-state index contributed by atoms with van der Waals surface area (Å²) in [5.41, 5.74) is 4.01. The van der Waals surface area contributed by atoms with Crippen molar-refractivity contribution in [2.75, 3.05) is 6.54 Å². The molecule has 7 heteroatoms. The van der Waals surface area contributed by atoms with Crippen molar-refractivity contribution in [2.45, 2.75) is 25.4 Å². The molecule has 1 unspecified atom stereocenters. The van der Waals surface area contributed by atoms with Gasteiger partial charge in [-0.25, -0.2) is 4.98 Å². The van der Waals surface area contributed by atoms with E-state index in [1.807, 2.05) is 29.8 Å². The highest BCUT2D eigenvalue weighted by Crippen LogP contribution is 2.28. The highest BCUT2D eigenvalue weighted by Gasteiger charge is 2.29. The van der Waals surface area contributed by atoms with Gasteiger partial charge in [0.05, 0.1) is 10.4 Å². The Bertz CT molecular complexity index is 702. The Morgan fingerprint density at radius 2 is 2.22 bits per heavy atom. The van der Waals surface area contributed by atoms with E-state index in [-0.39, 0.29) is 11.9 Å². The highest BCUT2D eigenvalue weighted by molar-refractivity contribution is 14.1. The minimum Gasteiger partial charge on any atom is -0.350 e. The number of carbonyl (C=O) groups excluding carboxylic acids is 2. The van der Waals surface area contributed by atoms with E-state index in [4.69, 9.17) is 0 Å². The minimum absolute atomic E-state index is 0.0734. The Labute approximate surface area is 152 Å². The van der Waals surface area contributed by atoms with Gasteiger partial charge in [0.25, 0.3) is 0 Å². The van der Waals surface area contributed by atoms with Crippen LogP contribution in [0.5, 0.6) is 0 Å². The zero-order chi connectivity index (χ0) is 16.2. The molecule has 1 aliphatic heterocycles. The molecule has 1 N–H and O–H groups in total. The lowest BCUT2D eigenvalue weighted by molar-refractivity contribution is -0.131. The first-order valence-corrected chi connectivity index (χ1v) is 9.32. The number of benzene rings is 1. The molecular weight excluding hydrogens is 425 g/mol. The summed E-state index contributed by atoms with van der Waals surface area (Å²) < 4.78 is 1.00. The van der Waals surface area contributed by atoms with Gasteiger partial charge in [-0.2, -0.15) is 0 Å². The highest BCUT2D eigenvalue weighted by atomic mass is 127. The Morgan fingerprint density at radius 3 is 2.87 bits per heavy atom. The molecule has 23 heavy (non-hydrogen) atoms. The van der Waals surface area contributed by atoms with Crippen LogP contribution in [0.2, 0.25) is 0 Å². The van der Waals surface area contributed by atoms with Crippen molar-refractivity contribution in [3.8, 4) is 10.4 Å². The van der Waals surface area contributed by atoms with E-state index in [9.17, 15) is 9.59 Å². The maximum absolute atomic E-state index is 12.2. The summed E-state index contributed by atoms with van der Waals surface area (Å²) in [5.74, 6) is -0.0734. The van der Waals surface area contributed by atoms with E-state index in [0.29, 0.717) is 13.1 Å². The predicted molar refractivity (Wildman–Crippen MR) is 97.9 cm³/mol. The van der Waals surface area contributed by atoms with Crippen LogP contribution in [0, 0.1) is 3.70 Å². The van der Waals surface area contributed by atoms with Crippen LogP contribution in [0.15, 0.2) is 29.8 Å². The normalized spacial score (nSPS) is 17.3. The van der Waals surface area contributed by atoms with Gasteiger partial charge < -0.3 is 10.2 Å². The third-order valence-corrected chi connectivity index (χ3v) is 6.00. The minimum atomic E-state index is -0.314. The molecule has 0 saturated carbocycles. The number of nitrogens with zero attached hydrogens (tertiary/aromatic N) is 2. The number of aromatic nitrogens is 1. The fraction of sp³-hybridized carbons (Fsp3) is 0.312. The summed E-state index contributed by atoms with van der Waals surface area (Å²) in [5, 5.41) is 2.92. The zero-order valence-electron chi connectivity index (χ0n) is 12.4. The number of thiazole rings is 1. The molecule has 1 saturated heterocycles. The molecule has 0 spiro atoms. The zero-order valence-corrected chi connectivity index (χ0v) is 15.3. The maximum Gasteiger partial charge on any atom is 0.243 e. The van der Waals surface area contributed by atoms with Crippen molar-refractivity contribution < 1.29 is 9.59 Å². The molecule has 1 aromatic carbocycles. The maximum atomic E-state index is 12.2. The molecule has 1 fully saturated rings. The molecule has 3 rings (SSSR count). The molecule has 2 aromatic rings. The second-order valence-electron chi connectivity index (χ2n) is 5.39. The van der Waals surface area contributed by atoms with Crippen molar-refractivity contribution in [1.82, 2.24) is 15.2 Å². The lowest BCUT2D eigenvalue weighted by Crippen LogP contribution is -2.42. The summed E-state index contributed by atoms with van der Waals surface area (Å²) in [6, 6.07) is 7.80. The standard InChI is InChI=1S/C16H16IN3O2S/c17-15-14(23-9-19-15)12-5-3-11(4-6-12)8-18-16(22)13-2-1-7-20(13)10-21/h3-6,9-10,13H,1-2,7-8H2,(H,18,22). The Kier molecular flexibility index (Phi) is 5.27. The topological polar surface area (TPSA) is 62.3 Å². The summed E-state index contributed by atoms with van der Waals surface area (Å²) in [6.45, 7) is 1.14. The molecule has 2 amide bonds. The van der Waals surface area contributed by atoms with Gasteiger partial charge in [0.2, 0.25) is 12.3 Å². The van der Waals surface area contributed by atoms with E-state index in [1.54, 1.807) is 16.2 Å². The first kappa shape index (κ1) is 16.4. The average Bonchev–Trinajstić information content (AvgIpc) is 3.21. The third-order valence-electron chi connectivity index (χ3n) is 3.94. The fourth-order valence-electron chi connectivity index (χ4n) is 2.70. The summed E-state index contributed by atoms with van der Waals surface area (Å²) in [7, 11) is 0. The van der Waals surface area contributed by atoms with Crippen molar-refractivity contribution in [3.05, 3.63) is 39.0 Å². The molecule has 1 aliphatic rings. The number of hydrogen-bond donors (Lipinski definition) is 1. The van der Waals surface area contributed by atoms with Gasteiger partial charge in [-0.3, -0.25) is 9.59 Å². The summed E-state index contributed by atoms with van der Waals surface area (Å²) in [6.07, 6.45) is 2.40. The third kappa shape index (κ3) is 3.72. The van der Waals surface area contributed by atoms with Gasteiger partial charge in [-0.05, 0) is 46.6 Å². The average molecular weight is 441 g/mol. The largest absolute Gasteiger partial charge is 0.350 e. The smallest absolute Gasteiger partial charge is 0.243 e. The second kappa shape index (κ2) is 7.39. The van der Waals surface area contributed by atoms with Gasteiger partial charge in [0.15, 0.2) is 0 Å². The first-order chi connectivity index (χ1) is 11.2. The molecule has 2 heterocycles. The Balaban J connectivity index is 1.60. The fourth-order valence-corrected chi connectivity index (χ4v) is 4.40. The van der Waals surface area contributed by atoms with Crippen molar-refractivity contribution in [2.24, 2.45) is 0 Å². The monoisotopic (exact) mass is 441 g/mol. The van der Waals surface area contributed by atoms with Crippen molar-refractivity contribution in [1.29, 1.82) is 0 Å². The molecule has 0 bridgehead atoms. The number of rotatable bonds is 5. The summed E-state index contributed by atoms with van der Waals surface area (Å²) in [4.78, 5) is 30.1. The molecule has 1 aromatic heterocycles. The van der Waals surface area contributed by atoms with Crippen LogP contribution >= 0.6 is 33.9 Å². The van der Waals surface area contributed by atoms with Crippen LogP contribution in [0.3, 0.4) is 0 Å². The van der Waals surface area contributed by atoms with Crippen LogP contribution in [0.25, 0.3) is 10.4 Å². The number of hydrogen-bond acceptors (Lipinski definition) is 4. The number of amides is 2. The number of likely N-dealkylation sites (tertiary alicyclic amines) is 1. The predicted octanol–water partition coefficient (Wildman–Crippen LogP) is 2.65. The van der Waals surface area contributed by atoms with Crippen LogP contribution in [0.4, 0.5) is 0 Å². The van der Waals surface area contributed by atoms with E-state index in [1.165, 1.54) is 0 Å². The van der Waals surface area contributed by atoms with Crippen LogP contribution in [-0.4, -0.2) is 34.8 Å². The number of nitrogens with one attached hydrogen (secondary N) is 1. The lowest BCUT2D eigenvalue weighted by atomic mass is 10.1. The van der Waals surface area contributed by atoms with Crippen LogP contribution in [0.1, 0.15) is 18.4 Å². The summed E-state index contributed by atoms with van der Waals surface area (Å²) >= 11 is 3.85. The second-order valence-corrected chi connectivity index (χ2v) is 7.26. The van der Waals surface area contributed by atoms with E-state index in [2.05, 4.69) is 32.9 Å². The quantitative estimate of drug-likeness (QED) is 0.574. The molecule has 0 radical (unpaired) electrons. The molecule has 0 aliphatic carbocycles. The van der Waals surface area contributed by atoms with Gasteiger partial charge in [0, 0.05) is 13.1 Å². The van der Waals surface area contributed by atoms with Gasteiger partial charge in [0.1, 0.15) is 9.74 Å². The molecular formula is C16H16IN3O2S. The molecule has 5 nitrogen and oxygen atoms in total. The van der Waals surface area contributed by atoms with Crippen LogP contribution < -0.4 is 5.32 Å². The van der Waals surface area contributed by atoms with Gasteiger partial charge >= 0.3 is 0 Å².